The summed E-state index contributed by atoms with van der Waals surface area (Å²) in [5, 5.41) is 12.5. The number of carboxylic acids is 1. The second-order valence-corrected chi connectivity index (χ2v) is 9.97. The second-order valence-electron chi connectivity index (χ2n) is 9.97. The van der Waals surface area contributed by atoms with E-state index in [4.69, 9.17) is 4.74 Å². The molecule has 0 radical (unpaired) electrons. The van der Waals surface area contributed by atoms with Gasteiger partial charge in [-0.05, 0) is 68.7 Å². The number of benzene rings is 2. The van der Waals surface area contributed by atoms with Gasteiger partial charge in [0.1, 0.15) is 12.1 Å². The lowest BCUT2D eigenvalue weighted by Crippen LogP contribution is -2.55. The SMILES string of the molecule is CCN(C(=O)C1CCC(NC(=O)OCC2c3ccccc3-c3ccccc32)CC1)C(C)(C)C(=O)O. The smallest absolute Gasteiger partial charge is 0.407 e. The van der Waals surface area contributed by atoms with Crippen molar-refractivity contribution in [1.29, 1.82) is 0 Å². The molecule has 186 valence electrons. The number of hydrogen-bond acceptors (Lipinski definition) is 4. The zero-order chi connectivity index (χ0) is 25.2. The van der Waals surface area contributed by atoms with E-state index < -0.39 is 17.6 Å². The molecule has 2 aromatic rings. The number of carboxylic acid groups (broad SMARTS) is 1. The number of hydrogen-bond donors (Lipinski definition) is 2. The van der Waals surface area contributed by atoms with E-state index in [-0.39, 0.29) is 30.4 Å². The molecule has 0 spiro atoms. The summed E-state index contributed by atoms with van der Waals surface area (Å²) < 4.78 is 5.65. The van der Waals surface area contributed by atoms with Crippen LogP contribution in [0.1, 0.15) is 63.5 Å². The van der Waals surface area contributed by atoms with E-state index in [0.29, 0.717) is 32.2 Å². The zero-order valence-electron chi connectivity index (χ0n) is 20.6. The van der Waals surface area contributed by atoms with E-state index in [1.807, 2.05) is 24.3 Å². The van der Waals surface area contributed by atoms with Crippen LogP contribution >= 0.6 is 0 Å². The van der Waals surface area contributed by atoms with Crippen molar-refractivity contribution in [1.82, 2.24) is 10.2 Å². The van der Waals surface area contributed by atoms with Crippen molar-refractivity contribution in [2.24, 2.45) is 5.92 Å². The molecule has 0 unspecified atom stereocenters. The molecule has 7 nitrogen and oxygen atoms in total. The minimum absolute atomic E-state index is 0.0131. The number of alkyl carbamates (subject to hydrolysis) is 1. The minimum atomic E-state index is -1.25. The molecule has 1 fully saturated rings. The Bertz CT molecular complexity index is 1060. The molecule has 2 aliphatic rings. The van der Waals surface area contributed by atoms with Crippen LogP contribution in [0.3, 0.4) is 0 Å². The molecule has 0 saturated heterocycles. The maximum Gasteiger partial charge on any atom is 0.407 e. The summed E-state index contributed by atoms with van der Waals surface area (Å²) in [7, 11) is 0. The van der Waals surface area contributed by atoms with Crippen molar-refractivity contribution in [3.8, 4) is 11.1 Å². The highest BCUT2D eigenvalue weighted by molar-refractivity contribution is 5.87. The molecule has 0 heterocycles. The molecule has 0 aromatic heterocycles. The van der Waals surface area contributed by atoms with Gasteiger partial charge >= 0.3 is 12.1 Å². The van der Waals surface area contributed by atoms with E-state index in [2.05, 4.69) is 29.6 Å². The molecule has 1 saturated carbocycles. The van der Waals surface area contributed by atoms with E-state index >= 15 is 0 Å². The molecule has 35 heavy (non-hydrogen) atoms. The number of amides is 2. The topological polar surface area (TPSA) is 95.9 Å². The number of rotatable bonds is 7. The Balaban J connectivity index is 1.30. The highest BCUT2D eigenvalue weighted by Crippen LogP contribution is 2.44. The lowest BCUT2D eigenvalue weighted by Gasteiger charge is -2.38. The summed E-state index contributed by atoms with van der Waals surface area (Å²) in [4.78, 5) is 38.7. The number of nitrogens with one attached hydrogen (secondary N) is 1. The van der Waals surface area contributed by atoms with Gasteiger partial charge in [-0.3, -0.25) is 4.79 Å². The van der Waals surface area contributed by atoms with Crippen molar-refractivity contribution >= 4 is 18.0 Å². The lowest BCUT2D eigenvalue weighted by molar-refractivity contribution is -0.159. The molecule has 0 aliphatic heterocycles. The van der Waals surface area contributed by atoms with Crippen LogP contribution in [0.4, 0.5) is 4.79 Å². The van der Waals surface area contributed by atoms with Crippen LogP contribution in [0, 0.1) is 5.92 Å². The van der Waals surface area contributed by atoms with E-state index in [1.165, 1.54) is 27.2 Å². The molecule has 2 aliphatic carbocycles. The third kappa shape index (κ3) is 4.90. The first kappa shape index (κ1) is 24.8. The van der Waals surface area contributed by atoms with Gasteiger partial charge in [-0.2, -0.15) is 0 Å². The average molecular weight is 479 g/mol. The molecule has 7 heteroatoms. The zero-order valence-corrected chi connectivity index (χ0v) is 20.6. The molecule has 2 aromatic carbocycles. The van der Waals surface area contributed by atoms with Crippen LogP contribution in [-0.2, 0) is 14.3 Å². The highest BCUT2D eigenvalue weighted by atomic mass is 16.5. The Labute approximate surface area is 206 Å². The van der Waals surface area contributed by atoms with Crippen LogP contribution in [0.15, 0.2) is 48.5 Å². The molecular formula is C28H34N2O5. The van der Waals surface area contributed by atoms with Crippen LogP contribution < -0.4 is 5.32 Å². The van der Waals surface area contributed by atoms with E-state index in [1.54, 1.807) is 20.8 Å². The molecule has 4 rings (SSSR count). The van der Waals surface area contributed by atoms with Crippen molar-refractivity contribution in [3.63, 3.8) is 0 Å². The fourth-order valence-electron chi connectivity index (χ4n) is 5.45. The summed E-state index contributed by atoms with van der Waals surface area (Å²) in [5.41, 5.74) is 3.47. The lowest BCUT2D eigenvalue weighted by atomic mass is 9.84. The van der Waals surface area contributed by atoms with Crippen molar-refractivity contribution < 1.29 is 24.2 Å². The first-order chi connectivity index (χ1) is 16.7. The molecule has 0 bridgehead atoms. The van der Waals surface area contributed by atoms with Crippen LogP contribution in [-0.4, -0.2) is 52.7 Å². The summed E-state index contributed by atoms with van der Waals surface area (Å²) in [5.74, 6) is -1.36. The predicted octanol–water partition coefficient (Wildman–Crippen LogP) is 4.80. The van der Waals surface area contributed by atoms with Crippen LogP contribution in [0.5, 0.6) is 0 Å². The second kappa shape index (κ2) is 10.1. The van der Waals surface area contributed by atoms with Gasteiger partial charge in [0.05, 0.1) is 0 Å². The quantitative estimate of drug-likeness (QED) is 0.596. The number of ether oxygens (including phenoxy) is 1. The monoisotopic (exact) mass is 478 g/mol. The molecule has 2 N–H and O–H groups in total. The number of carbonyl (C=O) groups excluding carboxylic acids is 2. The summed E-state index contributed by atoms with van der Waals surface area (Å²) in [6.45, 7) is 5.52. The largest absolute Gasteiger partial charge is 0.480 e. The van der Waals surface area contributed by atoms with Gasteiger partial charge in [-0.15, -0.1) is 0 Å². The molecular weight excluding hydrogens is 444 g/mol. The fraction of sp³-hybridized carbons (Fsp3) is 0.464. The van der Waals surface area contributed by atoms with Crippen molar-refractivity contribution in [2.75, 3.05) is 13.2 Å². The normalized spacial score (nSPS) is 19.4. The fourth-order valence-corrected chi connectivity index (χ4v) is 5.45. The Kier molecular flexibility index (Phi) is 7.15. The third-order valence-corrected chi connectivity index (χ3v) is 7.52. The maximum absolute atomic E-state index is 13.0. The number of carbonyl (C=O) groups is 3. The van der Waals surface area contributed by atoms with Gasteiger partial charge in [0.25, 0.3) is 0 Å². The van der Waals surface area contributed by atoms with Gasteiger partial charge in [-0.1, -0.05) is 48.5 Å². The van der Waals surface area contributed by atoms with Crippen molar-refractivity contribution in [2.45, 2.75) is 64.0 Å². The van der Waals surface area contributed by atoms with E-state index in [9.17, 15) is 19.5 Å². The molecule has 0 atom stereocenters. The highest BCUT2D eigenvalue weighted by Gasteiger charge is 2.40. The number of likely N-dealkylation sites (N-methyl/N-ethyl adjacent to an activating group) is 1. The van der Waals surface area contributed by atoms with E-state index in [0.717, 1.165) is 0 Å². The predicted molar refractivity (Wildman–Crippen MR) is 133 cm³/mol. The third-order valence-electron chi connectivity index (χ3n) is 7.52. The maximum atomic E-state index is 13.0. The summed E-state index contributed by atoms with van der Waals surface area (Å²) in [6, 6.07) is 16.4. The minimum Gasteiger partial charge on any atom is -0.480 e. The van der Waals surface area contributed by atoms with Gasteiger partial charge in [0.2, 0.25) is 5.91 Å². The standard InChI is InChI=1S/C28H34N2O5/c1-4-30(28(2,3)26(32)33)25(31)18-13-15-19(16-14-18)29-27(34)35-17-24-22-11-7-5-9-20(22)21-10-6-8-12-23(21)24/h5-12,18-19,24H,4,13-17H2,1-3H3,(H,29,34)(H,32,33). The average Bonchev–Trinajstić information content (AvgIpc) is 3.17. The van der Waals surface area contributed by atoms with Gasteiger partial charge in [0.15, 0.2) is 0 Å². The first-order valence-corrected chi connectivity index (χ1v) is 12.4. The van der Waals surface area contributed by atoms with Crippen LogP contribution in [0.25, 0.3) is 11.1 Å². The number of aliphatic carboxylic acids is 1. The van der Waals surface area contributed by atoms with Crippen molar-refractivity contribution in [3.05, 3.63) is 59.7 Å². The number of fused-ring (bicyclic) bond motifs is 3. The Hall–Kier alpha value is -3.35. The van der Waals surface area contributed by atoms with Gasteiger partial charge in [0, 0.05) is 24.4 Å². The van der Waals surface area contributed by atoms with Crippen LogP contribution in [0.2, 0.25) is 0 Å². The Morgan fingerprint density at radius 1 is 0.971 bits per heavy atom. The first-order valence-electron chi connectivity index (χ1n) is 12.4. The summed E-state index contributed by atoms with van der Waals surface area (Å²) >= 11 is 0. The summed E-state index contributed by atoms with van der Waals surface area (Å²) in [6.07, 6.45) is 2.10. The number of nitrogens with zero attached hydrogens (tertiary/aromatic N) is 1. The Morgan fingerprint density at radius 2 is 1.51 bits per heavy atom. The van der Waals surface area contributed by atoms with Gasteiger partial charge < -0.3 is 20.1 Å². The van der Waals surface area contributed by atoms with Gasteiger partial charge in [-0.25, -0.2) is 9.59 Å². The molecule has 2 amide bonds. The Morgan fingerprint density at radius 3 is 2.03 bits per heavy atom.